The number of ether oxygens (including phenoxy) is 1. The van der Waals surface area contributed by atoms with Gasteiger partial charge in [0.05, 0.1) is 7.11 Å². The van der Waals surface area contributed by atoms with E-state index >= 15 is 0 Å². The molecule has 0 aliphatic rings. The number of rotatable bonds is 5. The number of benzene rings is 1. The fourth-order valence-corrected chi connectivity index (χ4v) is 1.28. The lowest BCUT2D eigenvalue weighted by Crippen LogP contribution is -2.13. The molecule has 0 aliphatic heterocycles. The molecule has 0 fully saturated rings. The third kappa shape index (κ3) is 3.13. The molecule has 0 aromatic heterocycles. The molecular weight excluding hydrogens is 174 g/mol. The van der Waals surface area contributed by atoms with E-state index in [4.69, 9.17) is 4.74 Å². The monoisotopic (exact) mass is 191 g/mol. The van der Waals surface area contributed by atoms with E-state index in [2.05, 4.69) is 18.8 Å². The molecule has 1 rings (SSSR count). The van der Waals surface area contributed by atoms with Crippen molar-refractivity contribution in [1.29, 1.82) is 0 Å². The van der Waals surface area contributed by atoms with Crippen molar-refractivity contribution < 1.29 is 4.74 Å². The van der Waals surface area contributed by atoms with E-state index in [1.165, 1.54) is 0 Å². The van der Waals surface area contributed by atoms with Gasteiger partial charge in [-0.15, -0.1) is 6.58 Å². The van der Waals surface area contributed by atoms with E-state index in [-0.39, 0.29) is 0 Å². The maximum absolute atomic E-state index is 5.08. The largest absolute Gasteiger partial charge is 0.497 e. The molecule has 0 bridgehead atoms. The van der Waals surface area contributed by atoms with Crippen LogP contribution in [-0.2, 0) is 0 Å². The van der Waals surface area contributed by atoms with Crippen LogP contribution in [0.3, 0.4) is 0 Å². The second-order valence-corrected chi connectivity index (χ2v) is 3.30. The molecule has 1 N–H and O–H groups in total. The number of hydrogen-bond acceptors (Lipinski definition) is 2. The molecule has 76 valence electrons. The summed E-state index contributed by atoms with van der Waals surface area (Å²) in [6, 6.07) is 8.34. The molecule has 1 atom stereocenters. The topological polar surface area (TPSA) is 21.3 Å². The minimum atomic E-state index is 0.417. The van der Waals surface area contributed by atoms with E-state index in [1.54, 1.807) is 7.11 Å². The zero-order valence-electron chi connectivity index (χ0n) is 8.79. The van der Waals surface area contributed by atoms with Gasteiger partial charge in [-0.25, -0.2) is 0 Å². The van der Waals surface area contributed by atoms with Crippen LogP contribution in [0.5, 0.6) is 5.75 Å². The first kappa shape index (κ1) is 10.6. The SMILES string of the molecule is C=CC[C@H](C)Nc1ccc(OC)cc1. The molecule has 0 amide bonds. The molecule has 1 aromatic carbocycles. The maximum atomic E-state index is 5.08. The quantitative estimate of drug-likeness (QED) is 0.722. The van der Waals surface area contributed by atoms with Crippen molar-refractivity contribution in [1.82, 2.24) is 0 Å². The summed E-state index contributed by atoms with van der Waals surface area (Å²) >= 11 is 0. The van der Waals surface area contributed by atoms with Crippen molar-refractivity contribution in [3.8, 4) is 5.75 Å². The minimum Gasteiger partial charge on any atom is -0.497 e. The first-order valence-corrected chi connectivity index (χ1v) is 4.77. The van der Waals surface area contributed by atoms with E-state index in [1.807, 2.05) is 30.3 Å². The average molecular weight is 191 g/mol. The van der Waals surface area contributed by atoms with Gasteiger partial charge < -0.3 is 10.1 Å². The Morgan fingerprint density at radius 2 is 2.07 bits per heavy atom. The van der Waals surface area contributed by atoms with Crippen molar-refractivity contribution in [2.24, 2.45) is 0 Å². The summed E-state index contributed by atoms with van der Waals surface area (Å²) in [5.41, 5.74) is 1.11. The van der Waals surface area contributed by atoms with Gasteiger partial charge in [-0.3, -0.25) is 0 Å². The van der Waals surface area contributed by atoms with Gasteiger partial charge >= 0.3 is 0 Å². The van der Waals surface area contributed by atoms with Gasteiger partial charge in [-0.05, 0) is 37.6 Å². The second-order valence-electron chi connectivity index (χ2n) is 3.30. The molecule has 0 heterocycles. The van der Waals surface area contributed by atoms with Crippen molar-refractivity contribution in [2.75, 3.05) is 12.4 Å². The van der Waals surface area contributed by atoms with Gasteiger partial charge in [0, 0.05) is 11.7 Å². The standard InChI is InChI=1S/C12H17NO/c1-4-5-10(2)13-11-6-8-12(14-3)9-7-11/h4,6-10,13H,1,5H2,2-3H3/t10-/m0/s1. The van der Waals surface area contributed by atoms with Crippen LogP contribution < -0.4 is 10.1 Å². The van der Waals surface area contributed by atoms with Crippen LogP contribution in [0.15, 0.2) is 36.9 Å². The number of nitrogens with one attached hydrogen (secondary N) is 1. The number of anilines is 1. The lowest BCUT2D eigenvalue weighted by atomic mass is 10.2. The van der Waals surface area contributed by atoms with Crippen molar-refractivity contribution in [2.45, 2.75) is 19.4 Å². The van der Waals surface area contributed by atoms with Gasteiger partial charge in [0.2, 0.25) is 0 Å². The maximum Gasteiger partial charge on any atom is 0.119 e. The highest BCUT2D eigenvalue weighted by molar-refractivity contribution is 5.46. The molecule has 0 saturated carbocycles. The molecule has 14 heavy (non-hydrogen) atoms. The lowest BCUT2D eigenvalue weighted by molar-refractivity contribution is 0.415. The smallest absolute Gasteiger partial charge is 0.119 e. The Kier molecular flexibility index (Phi) is 4.05. The van der Waals surface area contributed by atoms with Gasteiger partial charge in [-0.2, -0.15) is 0 Å². The summed E-state index contributed by atoms with van der Waals surface area (Å²) < 4.78 is 5.08. The third-order valence-electron chi connectivity index (χ3n) is 2.02. The fraction of sp³-hybridized carbons (Fsp3) is 0.333. The Labute approximate surface area is 85.6 Å². The van der Waals surface area contributed by atoms with E-state index in [0.29, 0.717) is 6.04 Å². The van der Waals surface area contributed by atoms with Crippen LogP contribution in [0.4, 0.5) is 5.69 Å². The highest BCUT2D eigenvalue weighted by Gasteiger charge is 1.99. The summed E-state index contributed by atoms with van der Waals surface area (Å²) in [5, 5.41) is 3.37. The molecule has 1 aromatic rings. The van der Waals surface area contributed by atoms with E-state index in [9.17, 15) is 0 Å². The van der Waals surface area contributed by atoms with Crippen molar-refractivity contribution >= 4 is 5.69 Å². The average Bonchev–Trinajstić information content (AvgIpc) is 2.19. The molecule has 0 radical (unpaired) electrons. The van der Waals surface area contributed by atoms with Gasteiger partial charge in [0.15, 0.2) is 0 Å². The molecule has 0 unspecified atom stereocenters. The highest BCUT2D eigenvalue weighted by Crippen LogP contribution is 2.16. The Morgan fingerprint density at radius 1 is 1.43 bits per heavy atom. The predicted octanol–water partition coefficient (Wildman–Crippen LogP) is 3.07. The van der Waals surface area contributed by atoms with Crippen LogP contribution in [0.1, 0.15) is 13.3 Å². The zero-order valence-corrected chi connectivity index (χ0v) is 8.79. The number of methoxy groups -OCH3 is 1. The van der Waals surface area contributed by atoms with Crippen LogP contribution >= 0.6 is 0 Å². The van der Waals surface area contributed by atoms with Gasteiger partial charge in [0.1, 0.15) is 5.75 Å². The lowest BCUT2D eigenvalue weighted by Gasteiger charge is -2.13. The molecular formula is C12H17NO. The first-order valence-electron chi connectivity index (χ1n) is 4.77. The summed E-state index contributed by atoms with van der Waals surface area (Å²) in [6.07, 6.45) is 2.88. The van der Waals surface area contributed by atoms with Crippen LogP contribution in [0, 0.1) is 0 Å². The Morgan fingerprint density at radius 3 is 2.57 bits per heavy atom. The van der Waals surface area contributed by atoms with Crippen LogP contribution in [0.2, 0.25) is 0 Å². The fourth-order valence-electron chi connectivity index (χ4n) is 1.28. The molecule has 2 heteroatoms. The minimum absolute atomic E-state index is 0.417. The summed E-state index contributed by atoms with van der Waals surface area (Å²) in [7, 11) is 1.67. The van der Waals surface area contributed by atoms with Crippen molar-refractivity contribution in [3.05, 3.63) is 36.9 Å². The van der Waals surface area contributed by atoms with E-state index in [0.717, 1.165) is 17.9 Å². The van der Waals surface area contributed by atoms with Crippen LogP contribution in [0.25, 0.3) is 0 Å². The summed E-state index contributed by atoms with van der Waals surface area (Å²) in [6.45, 7) is 5.84. The summed E-state index contributed by atoms with van der Waals surface area (Å²) in [4.78, 5) is 0. The Bertz CT molecular complexity index is 279. The van der Waals surface area contributed by atoms with Crippen molar-refractivity contribution in [3.63, 3.8) is 0 Å². The van der Waals surface area contributed by atoms with E-state index < -0.39 is 0 Å². The normalized spacial score (nSPS) is 11.9. The zero-order chi connectivity index (χ0) is 10.4. The van der Waals surface area contributed by atoms with Gasteiger partial charge in [0.25, 0.3) is 0 Å². The second kappa shape index (κ2) is 5.32. The van der Waals surface area contributed by atoms with Gasteiger partial charge in [-0.1, -0.05) is 6.08 Å². The molecule has 0 saturated heterocycles. The highest BCUT2D eigenvalue weighted by atomic mass is 16.5. The molecule has 0 spiro atoms. The number of hydrogen-bond donors (Lipinski definition) is 1. The predicted molar refractivity (Wildman–Crippen MR) is 60.9 cm³/mol. The first-order chi connectivity index (χ1) is 6.76. The summed E-state index contributed by atoms with van der Waals surface area (Å²) in [5.74, 6) is 0.881. The van der Waals surface area contributed by atoms with Crippen LogP contribution in [-0.4, -0.2) is 13.2 Å². The Hall–Kier alpha value is -1.44. The Balaban J connectivity index is 2.54. The molecule has 0 aliphatic carbocycles. The third-order valence-corrected chi connectivity index (χ3v) is 2.02. The molecule has 2 nitrogen and oxygen atoms in total.